The van der Waals surface area contributed by atoms with Crippen LogP contribution in [0.4, 0.5) is 0 Å². The highest BCUT2D eigenvalue weighted by atomic mass is 35.5. The highest BCUT2D eigenvalue weighted by Gasteiger charge is 2.07. The van der Waals surface area contributed by atoms with Crippen molar-refractivity contribution in [3.8, 4) is 0 Å². The zero-order valence-corrected chi connectivity index (χ0v) is 11.1. The minimum atomic E-state index is -0.898. The van der Waals surface area contributed by atoms with Gasteiger partial charge in [0.15, 0.2) is 0 Å². The first kappa shape index (κ1) is 15.1. The molecule has 5 heteroatoms. The molecule has 0 radical (unpaired) electrons. The van der Waals surface area contributed by atoms with Crippen LogP contribution in [-0.4, -0.2) is 16.1 Å². The van der Waals surface area contributed by atoms with Crippen LogP contribution in [0.15, 0.2) is 48.7 Å². The Hall–Kier alpha value is -1.91. The summed E-state index contributed by atoms with van der Waals surface area (Å²) in [5.74, 6) is -0.898. The molecule has 1 aromatic heterocycles. The van der Waals surface area contributed by atoms with Gasteiger partial charge in [-0.2, -0.15) is 0 Å². The number of carboxylic acid groups (broad SMARTS) is 1. The highest BCUT2D eigenvalue weighted by molar-refractivity contribution is 5.89. The first-order valence-electron chi connectivity index (χ1n) is 5.69. The molecule has 0 unspecified atom stereocenters. The molecule has 0 aliphatic heterocycles. The zero-order chi connectivity index (χ0) is 12.8. The molecular weight excluding hydrogens is 264 g/mol. The monoisotopic (exact) mass is 278 g/mol. The van der Waals surface area contributed by atoms with Gasteiger partial charge in [0.1, 0.15) is 0 Å². The number of nitrogens with one attached hydrogen (secondary N) is 1. The van der Waals surface area contributed by atoms with Crippen LogP contribution < -0.4 is 5.32 Å². The number of pyridine rings is 1. The third kappa shape index (κ3) is 4.35. The molecule has 19 heavy (non-hydrogen) atoms. The second-order valence-electron chi connectivity index (χ2n) is 3.89. The lowest BCUT2D eigenvalue weighted by molar-refractivity contribution is 0.0695. The van der Waals surface area contributed by atoms with Gasteiger partial charge in [-0.3, -0.25) is 4.98 Å². The Labute approximate surface area is 117 Å². The summed E-state index contributed by atoms with van der Waals surface area (Å²) < 4.78 is 0. The van der Waals surface area contributed by atoms with Crippen LogP contribution in [0.1, 0.15) is 21.6 Å². The van der Waals surface area contributed by atoms with E-state index in [2.05, 4.69) is 10.3 Å². The first-order chi connectivity index (χ1) is 8.77. The standard InChI is InChI=1S/C14H14N2O2.ClH/c17-14(18)13-7-2-1-5-11(13)9-15-10-12-6-3-4-8-16-12;/h1-8,15H,9-10H2,(H,17,18);1H. The number of nitrogens with zero attached hydrogens (tertiary/aromatic N) is 1. The van der Waals surface area contributed by atoms with Crippen molar-refractivity contribution in [3.05, 3.63) is 65.5 Å². The fourth-order valence-electron chi connectivity index (χ4n) is 1.71. The van der Waals surface area contributed by atoms with Crippen LogP contribution in [0.2, 0.25) is 0 Å². The summed E-state index contributed by atoms with van der Waals surface area (Å²) in [6.45, 7) is 1.13. The van der Waals surface area contributed by atoms with Crippen molar-refractivity contribution in [1.29, 1.82) is 0 Å². The Balaban J connectivity index is 0.00000180. The molecule has 0 amide bonds. The van der Waals surface area contributed by atoms with Crippen molar-refractivity contribution in [3.63, 3.8) is 0 Å². The van der Waals surface area contributed by atoms with Gasteiger partial charge in [-0.1, -0.05) is 24.3 Å². The van der Waals surface area contributed by atoms with E-state index < -0.39 is 5.97 Å². The van der Waals surface area contributed by atoms with E-state index in [0.717, 1.165) is 11.3 Å². The van der Waals surface area contributed by atoms with Crippen LogP contribution in [0.5, 0.6) is 0 Å². The Morgan fingerprint density at radius 3 is 2.53 bits per heavy atom. The van der Waals surface area contributed by atoms with E-state index >= 15 is 0 Å². The van der Waals surface area contributed by atoms with Gasteiger partial charge in [0.2, 0.25) is 0 Å². The van der Waals surface area contributed by atoms with E-state index in [1.54, 1.807) is 18.3 Å². The Morgan fingerprint density at radius 2 is 1.84 bits per heavy atom. The first-order valence-corrected chi connectivity index (χ1v) is 5.69. The van der Waals surface area contributed by atoms with Crippen molar-refractivity contribution in [2.75, 3.05) is 0 Å². The molecule has 0 aliphatic rings. The Kier molecular flexibility index (Phi) is 5.99. The second kappa shape index (κ2) is 7.51. The summed E-state index contributed by atoms with van der Waals surface area (Å²) in [6.07, 6.45) is 1.74. The molecule has 0 spiro atoms. The van der Waals surface area contributed by atoms with Gasteiger partial charge in [-0.05, 0) is 23.8 Å². The molecule has 100 valence electrons. The summed E-state index contributed by atoms with van der Waals surface area (Å²) >= 11 is 0. The van der Waals surface area contributed by atoms with Crippen LogP contribution >= 0.6 is 12.4 Å². The molecule has 0 fully saturated rings. The number of rotatable bonds is 5. The molecule has 2 aromatic rings. The molecule has 0 atom stereocenters. The average Bonchev–Trinajstić information content (AvgIpc) is 2.40. The second-order valence-corrected chi connectivity index (χ2v) is 3.89. The van der Waals surface area contributed by atoms with Gasteiger partial charge in [0.05, 0.1) is 11.3 Å². The van der Waals surface area contributed by atoms with Gasteiger partial charge in [-0.15, -0.1) is 12.4 Å². The van der Waals surface area contributed by atoms with Gasteiger partial charge in [0, 0.05) is 19.3 Å². The molecule has 1 aromatic carbocycles. The summed E-state index contributed by atoms with van der Waals surface area (Å²) in [5.41, 5.74) is 2.05. The Morgan fingerprint density at radius 1 is 1.11 bits per heavy atom. The molecule has 0 bridgehead atoms. The van der Waals surface area contributed by atoms with Crippen LogP contribution in [0.3, 0.4) is 0 Å². The van der Waals surface area contributed by atoms with E-state index in [1.165, 1.54) is 0 Å². The maximum atomic E-state index is 11.0. The number of aromatic carboxylic acids is 1. The Bertz CT molecular complexity index is 532. The maximum absolute atomic E-state index is 11.0. The summed E-state index contributed by atoms with van der Waals surface area (Å²) in [5, 5.41) is 12.2. The molecule has 0 aliphatic carbocycles. The third-order valence-electron chi connectivity index (χ3n) is 2.60. The lowest BCUT2D eigenvalue weighted by atomic mass is 10.1. The minimum absolute atomic E-state index is 0. The van der Waals surface area contributed by atoms with Crippen molar-refractivity contribution in [2.24, 2.45) is 0 Å². The number of carbonyl (C=O) groups is 1. The van der Waals surface area contributed by atoms with E-state index in [1.807, 2.05) is 30.3 Å². The molecule has 4 nitrogen and oxygen atoms in total. The number of hydrogen-bond donors (Lipinski definition) is 2. The summed E-state index contributed by atoms with van der Waals surface area (Å²) in [6, 6.07) is 12.7. The average molecular weight is 279 g/mol. The van der Waals surface area contributed by atoms with Gasteiger partial charge in [-0.25, -0.2) is 4.79 Å². The van der Waals surface area contributed by atoms with Crippen LogP contribution in [0, 0.1) is 0 Å². The third-order valence-corrected chi connectivity index (χ3v) is 2.60. The van der Waals surface area contributed by atoms with Crippen LogP contribution in [-0.2, 0) is 13.1 Å². The van der Waals surface area contributed by atoms with E-state index in [0.29, 0.717) is 18.7 Å². The lowest BCUT2D eigenvalue weighted by Gasteiger charge is -2.07. The number of carboxylic acids is 1. The van der Waals surface area contributed by atoms with E-state index in [-0.39, 0.29) is 12.4 Å². The highest BCUT2D eigenvalue weighted by Crippen LogP contribution is 2.08. The molecule has 2 N–H and O–H groups in total. The fourth-order valence-corrected chi connectivity index (χ4v) is 1.71. The SMILES string of the molecule is Cl.O=C(O)c1ccccc1CNCc1ccccn1. The van der Waals surface area contributed by atoms with Crippen molar-refractivity contribution in [1.82, 2.24) is 10.3 Å². The topological polar surface area (TPSA) is 62.2 Å². The quantitative estimate of drug-likeness (QED) is 0.882. The number of aromatic nitrogens is 1. The van der Waals surface area contributed by atoms with E-state index in [4.69, 9.17) is 5.11 Å². The van der Waals surface area contributed by atoms with Crippen molar-refractivity contribution >= 4 is 18.4 Å². The van der Waals surface area contributed by atoms with Crippen LogP contribution in [0.25, 0.3) is 0 Å². The van der Waals surface area contributed by atoms with Crippen molar-refractivity contribution < 1.29 is 9.90 Å². The normalized spacial score (nSPS) is 9.68. The lowest BCUT2D eigenvalue weighted by Crippen LogP contribution is -2.16. The predicted octanol–water partition coefficient (Wildman–Crippen LogP) is 2.49. The smallest absolute Gasteiger partial charge is 0.336 e. The zero-order valence-electron chi connectivity index (χ0n) is 10.2. The largest absolute Gasteiger partial charge is 0.478 e. The molecule has 0 saturated heterocycles. The molecule has 0 saturated carbocycles. The molecule has 1 heterocycles. The predicted molar refractivity (Wildman–Crippen MR) is 75.4 cm³/mol. The van der Waals surface area contributed by atoms with Gasteiger partial charge >= 0.3 is 5.97 Å². The van der Waals surface area contributed by atoms with E-state index in [9.17, 15) is 4.79 Å². The fraction of sp³-hybridized carbons (Fsp3) is 0.143. The maximum Gasteiger partial charge on any atom is 0.336 e. The van der Waals surface area contributed by atoms with Gasteiger partial charge in [0.25, 0.3) is 0 Å². The molecule has 2 rings (SSSR count). The summed E-state index contributed by atoms with van der Waals surface area (Å²) in [4.78, 5) is 15.2. The minimum Gasteiger partial charge on any atom is -0.478 e. The van der Waals surface area contributed by atoms with Crippen molar-refractivity contribution in [2.45, 2.75) is 13.1 Å². The van der Waals surface area contributed by atoms with Gasteiger partial charge < -0.3 is 10.4 Å². The number of halogens is 1. The number of hydrogen-bond acceptors (Lipinski definition) is 3. The summed E-state index contributed by atoms with van der Waals surface area (Å²) in [7, 11) is 0. The molecular formula is C14H15ClN2O2. The number of benzene rings is 1.